The van der Waals surface area contributed by atoms with Gasteiger partial charge in [-0.3, -0.25) is 4.79 Å². The Balaban J connectivity index is 1.47. The lowest BCUT2D eigenvalue weighted by molar-refractivity contribution is -0.144. The fraction of sp³-hybridized carbons (Fsp3) is 0.500. The van der Waals surface area contributed by atoms with Crippen LogP contribution < -0.4 is 4.74 Å². The molecule has 2 aliphatic rings. The molecule has 0 aliphatic carbocycles. The van der Waals surface area contributed by atoms with E-state index in [0.717, 1.165) is 11.1 Å². The quantitative estimate of drug-likeness (QED) is 0.349. The Bertz CT molecular complexity index is 1510. The van der Waals surface area contributed by atoms with Gasteiger partial charge in [-0.25, -0.2) is 13.9 Å². The molecule has 0 spiro atoms. The van der Waals surface area contributed by atoms with Gasteiger partial charge in [0.05, 0.1) is 19.9 Å². The van der Waals surface area contributed by atoms with E-state index in [9.17, 15) is 9.59 Å². The van der Waals surface area contributed by atoms with Crippen LogP contribution in [0.4, 0.5) is 9.18 Å². The van der Waals surface area contributed by atoms with E-state index in [1.807, 2.05) is 52.8 Å². The lowest BCUT2D eigenvalue weighted by Gasteiger charge is -2.42. The molecular weight excluding hydrogens is 573 g/mol. The summed E-state index contributed by atoms with van der Waals surface area (Å²) in [6, 6.07) is 10.9. The van der Waals surface area contributed by atoms with E-state index in [1.165, 1.54) is 0 Å². The molecular formula is C32H39ClFN5O4. The predicted molar refractivity (Wildman–Crippen MR) is 162 cm³/mol. The van der Waals surface area contributed by atoms with Crippen molar-refractivity contribution in [2.75, 3.05) is 33.3 Å². The number of rotatable bonds is 5. The van der Waals surface area contributed by atoms with Gasteiger partial charge >= 0.3 is 6.09 Å². The van der Waals surface area contributed by atoms with E-state index in [-0.39, 0.29) is 51.3 Å². The van der Waals surface area contributed by atoms with Gasteiger partial charge in [-0.2, -0.15) is 0 Å². The summed E-state index contributed by atoms with van der Waals surface area (Å²) < 4.78 is 29.1. The molecule has 2 aromatic carbocycles. The molecule has 2 amide bonds. The number of halogens is 2. The van der Waals surface area contributed by atoms with Gasteiger partial charge in [-0.15, -0.1) is 5.10 Å². The van der Waals surface area contributed by atoms with Gasteiger partial charge in [0, 0.05) is 36.6 Å². The number of aromatic nitrogens is 3. The first-order valence-electron chi connectivity index (χ1n) is 14.5. The van der Waals surface area contributed by atoms with E-state index >= 15 is 4.39 Å². The summed E-state index contributed by atoms with van der Waals surface area (Å²) in [5.74, 6) is 0.321. The Kier molecular flexibility index (Phi) is 8.19. The van der Waals surface area contributed by atoms with Crippen LogP contribution in [0, 0.1) is 13.8 Å². The van der Waals surface area contributed by atoms with Crippen molar-refractivity contribution in [3.63, 3.8) is 0 Å². The highest BCUT2D eigenvalue weighted by Gasteiger charge is 2.51. The van der Waals surface area contributed by atoms with Gasteiger partial charge in [0.2, 0.25) is 0 Å². The molecule has 2 saturated heterocycles. The third-order valence-corrected chi connectivity index (χ3v) is 8.49. The topological polar surface area (TPSA) is 89.8 Å². The lowest BCUT2D eigenvalue weighted by atomic mass is 9.85. The molecule has 9 nitrogen and oxygen atoms in total. The van der Waals surface area contributed by atoms with Crippen LogP contribution in [0.15, 0.2) is 42.6 Å². The monoisotopic (exact) mass is 611 g/mol. The molecule has 5 rings (SSSR count). The number of alkyl halides is 1. The number of nitrogens with zero attached hydrogens (tertiary/aromatic N) is 5. The van der Waals surface area contributed by atoms with Crippen molar-refractivity contribution in [3.05, 3.63) is 64.3 Å². The highest BCUT2D eigenvalue weighted by Crippen LogP contribution is 2.41. The van der Waals surface area contributed by atoms with Crippen molar-refractivity contribution in [2.45, 2.75) is 70.7 Å². The first kappa shape index (κ1) is 30.8. The number of carbonyl (C=O) groups excluding carboxylic acids is 2. The molecule has 2 fully saturated rings. The standard InChI is InChI=1S/C32H39ClFN5O4/c1-21-15-22(2)17-23(16-21)31(34)9-12-38(20-31)28(40)32(10-13-37(14-11-32)29(41)43-30(3,4)5)39-19-26(35-36-39)25-18-24(33)7-8-27(25)42-6/h7-8,15-19H,9-14,20H2,1-6H3. The van der Waals surface area contributed by atoms with Crippen LogP contribution in [-0.4, -0.2) is 75.7 Å². The number of likely N-dealkylation sites (tertiary alicyclic amines) is 2. The van der Waals surface area contributed by atoms with Crippen LogP contribution in [0.2, 0.25) is 5.02 Å². The minimum absolute atomic E-state index is 0.0596. The number of aryl methyl sites for hydroxylation is 2. The molecule has 0 saturated carbocycles. The minimum Gasteiger partial charge on any atom is -0.496 e. The van der Waals surface area contributed by atoms with Crippen molar-refractivity contribution in [1.82, 2.24) is 24.8 Å². The van der Waals surface area contributed by atoms with Gasteiger partial charge in [0.15, 0.2) is 5.67 Å². The van der Waals surface area contributed by atoms with Crippen molar-refractivity contribution in [2.24, 2.45) is 0 Å². The number of carbonyl (C=O) groups is 2. The Morgan fingerprint density at radius 2 is 1.63 bits per heavy atom. The van der Waals surface area contributed by atoms with Crippen molar-refractivity contribution in [1.29, 1.82) is 0 Å². The maximum Gasteiger partial charge on any atom is 0.410 e. The average Bonchev–Trinajstić information content (AvgIpc) is 3.60. The first-order chi connectivity index (χ1) is 20.2. The molecule has 1 atom stereocenters. The molecule has 1 aromatic heterocycles. The van der Waals surface area contributed by atoms with E-state index in [2.05, 4.69) is 10.3 Å². The molecule has 0 N–H and O–H groups in total. The van der Waals surface area contributed by atoms with Crippen LogP contribution in [-0.2, 0) is 20.7 Å². The molecule has 2 aliphatic heterocycles. The smallest absolute Gasteiger partial charge is 0.410 e. The number of amides is 2. The van der Waals surface area contributed by atoms with E-state index in [0.29, 0.717) is 27.6 Å². The van der Waals surface area contributed by atoms with Crippen LogP contribution in [0.3, 0.4) is 0 Å². The minimum atomic E-state index is -1.66. The largest absolute Gasteiger partial charge is 0.496 e. The fourth-order valence-electron chi connectivity index (χ4n) is 6.11. The van der Waals surface area contributed by atoms with Crippen LogP contribution in [0.5, 0.6) is 5.75 Å². The van der Waals surface area contributed by atoms with Gasteiger partial charge in [-0.05, 0) is 71.2 Å². The number of hydrogen-bond donors (Lipinski definition) is 0. The predicted octanol–water partition coefficient (Wildman–Crippen LogP) is 6.05. The number of methoxy groups -OCH3 is 1. The van der Waals surface area contributed by atoms with Crippen molar-refractivity contribution in [3.8, 4) is 17.0 Å². The summed E-state index contributed by atoms with van der Waals surface area (Å²) in [7, 11) is 1.56. The van der Waals surface area contributed by atoms with Crippen LogP contribution in [0.1, 0.15) is 56.7 Å². The average molecular weight is 612 g/mol. The molecule has 1 unspecified atom stereocenters. The molecule has 3 heterocycles. The number of piperidine rings is 1. The van der Waals surface area contributed by atoms with Crippen molar-refractivity contribution < 1.29 is 23.5 Å². The highest BCUT2D eigenvalue weighted by atomic mass is 35.5. The number of benzene rings is 2. The van der Waals surface area contributed by atoms with Crippen molar-refractivity contribution >= 4 is 23.6 Å². The molecule has 230 valence electrons. The van der Waals surface area contributed by atoms with Gasteiger partial charge in [0.1, 0.15) is 22.6 Å². The lowest BCUT2D eigenvalue weighted by Crippen LogP contribution is -2.57. The zero-order valence-corrected chi connectivity index (χ0v) is 26.4. The Morgan fingerprint density at radius 1 is 0.977 bits per heavy atom. The summed E-state index contributed by atoms with van der Waals surface area (Å²) >= 11 is 6.28. The fourth-order valence-corrected chi connectivity index (χ4v) is 6.28. The van der Waals surface area contributed by atoms with E-state index < -0.39 is 22.9 Å². The zero-order chi connectivity index (χ0) is 31.2. The number of hydrogen-bond acceptors (Lipinski definition) is 6. The molecule has 0 radical (unpaired) electrons. The number of ether oxygens (including phenoxy) is 2. The van der Waals surface area contributed by atoms with Crippen LogP contribution in [0.25, 0.3) is 11.3 Å². The third kappa shape index (κ3) is 6.20. The summed E-state index contributed by atoms with van der Waals surface area (Å²) in [6.07, 6.45) is 2.00. The third-order valence-electron chi connectivity index (χ3n) is 8.26. The molecule has 11 heteroatoms. The Labute approximate surface area is 256 Å². The Morgan fingerprint density at radius 3 is 2.26 bits per heavy atom. The maximum absolute atomic E-state index is 16.5. The summed E-state index contributed by atoms with van der Waals surface area (Å²) in [5, 5.41) is 9.32. The van der Waals surface area contributed by atoms with E-state index in [4.69, 9.17) is 21.1 Å². The molecule has 0 bridgehead atoms. The zero-order valence-electron chi connectivity index (χ0n) is 25.6. The second-order valence-electron chi connectivity index (χ2n) is 12.7. The van der Waals surface area contributed by atoms with E-state index in [1.54, 1.807) is 46.0 Å². The summed E-state index contributed by atoms with van der Waals surface area (Å²) in [5.41, 5.74) is 0.183. The first-order valence-corrected chi connectivity index (χ1v) is 14.9. The van der Waals surface area contributed by atoms with Gasteiger partial charge < -0.3 is 19.3 Å². The maximum atomic E-state index is 16.5. The molecule has 3 aromatic rings. The highest BCUT2D eigenvalue weighted by molar-refractivity contribution is 6.31. The Hall–Kier alpha value is -3.66. The molecule has 43 heavy (non-hydrogen) atoms. The van der Waals surface area contributed by atoms with Gasteiger partial charge in [0.25, 0.3) is 5.91 Å². The summed E-state index contributed by atoms with van der Waals surface area (Å²) in [6.45, 7) is 10.1. The summed E-state index contributed by atoms with van der Waals surface area (Å²) in [4.78, 5) is 30.6. The normalized spacial score (nSPS) is 20.3. The van der Waals surface area contributed by atoms with Crippen LogP contribution >= 0.6 is 11.6 Å². The second kappa shape index (κ2) is 11.4. The van der Waals surface area contributed by atoms with Gasteiger partial charge in [-0.1, -0.05) is 46.1 Å². The SMILES string of the molecule is COc1ccc(Cl)cc1-c1cn(C2(C(=O)N3CCC(F)(c4cc(C)cc(C)c4)C3)CCN(C(=O)OC(C)(C)C)CC2)nn1. The second-order valence-corrected chi connectivity index (χ2v) is 13.1.